The van der Waals surface area contributed by atoms with Crippen LogP contribution < -0.4 is 0 Å². The lowest BCUT2D eigenvalue weighted by molar-refractivity contribution is 0.666. The molecule has 0 atom stereocenters. The molecule has 0 radical (unpaired) electrons. The molecule has 0 fully saturated rings. The van der Waals surface area contributed by atoms with Crippen LogP contribution in [0.4, 0.5) is 0 Å². The molecule has 1 aromatic heterocycles. The van der Waals surface area contributed by atoms with Gasteiger partial charge in [-0.1, -0.05) is 190 Å². The molecular formula is C57H40N2. The van der Waals surface area contributed by atoms with Crippen molar-refractivity contribution < 1.29 is 0 Å². The summed E-state index contributed by atoms with van der Waals surface area (Å²) in [6, 6.07) is 74.3. The quantitative estimate of drug-likeness (QED) is 0.169. The highest BCUT2D eigenvalue weighted by molar-refractivity contribution is 6.05. The van der Waals surface area contributed by atoms with E-state index in [1.54, 1.807) is 0 Å². The Morgan fingerprint density at radius 3 is 1.61 bits per heavy atom. The fourth-order valence-corrected chi connectivity index (χ4v) is 9.37. The predicted octanol–water partition coefficient (Wildman–Crippen LogP) is 15.1. The third-order valence-electron chi connectivity index (χ3n) is 12.3. The largest absolute Gasteiger partial charge is 0.228 e. The molecule has 0 N–H and O–H groups in total. The van der Waals surface area contributed by atoms with Gasteiger partial charge in [-0.2, -0.15) is 0 Å². The zero-order valence-corrected chi connectivity index (χ0v) is 33.0. The van der Waals surface area contributed by atoms with Crippen LogP contribution in [-0.2, 0) is 5.41 Å². The first-order valence-electron chi connectivity index (χ1n) is 20.4. The first-order chi connectivity index (χ1) is 29.0. The standard InChI is InChI=1S/C57H40N2/c1-57(2)52-32-28-42(35-51(52)49-29-27-38-17-9-10-24-46(38)55(49)57)41-21-13-22-43(33-41)45-30-31-50(48-26-12-11-25-47(45)48)56-58-53(39-18-7-4-8-19-39)36-54(59-56)44-23-14-20-40(34-44)37-15-5-3-6-16-37/h3-36H,1-2H3. The maximum atomic E-state index is 5.30. The molecular weight excluding hydrogens is 713 g/mol. The molecule has 0 spiro atoms. The van der Waals surface area contributed by atoms with Crippen LogP contribution in [-0.4, -0.2) is 9.97 Å². The van der Waals surface area contributed by atoms with Gasteiger partial charge in [0, 0.05) is 22.1 Å². The maximum absolute atomic E-state index is 5.30. The molecule has 0 saturated heterocycles. The number of benzene rings is 9. The summed E-state index contributed by atoms with van der Waals surface area (Å²) < 4.78 is 0. The normalized spacial score (nSPS) is 12.7. The van der Waals surface area contributed by atoms with E-state index in [9.17, 15) is 0 Å². The van der Waals surface area contributed by atoms with E-state index in [0.717, 1.165) is 39.0 Å². The van der Waals surface area contributed by atoms with E-state index in [0.29, 0.717) is 5.82 Å². The molecule has 11 rings (SSSR count). The Hall–Kier alpha value is -7.42. The van der Waals surface area contributed by atoms with E-state index in [1.165, 1.54) is 66.2 Å². The first kappa shape index (κ1) is 34.8. The summed E-state index contributed by atoms with van der Waals surface area (Å²) in [6.45, 7) is 4.73. The Morgan fingerprint density at radius 2 is 0.847 bits per heavy atom. The zero-order chi connectivity index (χ0) is 39.5. The van der Waals surface area contributed by atoms with E-state index in [-0.39, 0.29) is 5.41 Å². The predicted molar refractivity (Wildman–Crippen MR) is 247 cm³/mol. The molecule has 1 aliphatic rings. The maximum Gasteiger partial charge on any atom is 0.161 e. The van der Waals surface area contributed by atoms with E-state index in [2.05, 4.69) is 214 Å². The number of hydrogen-bond acceptors (Lipinski definition) is 2. The van der Waals surface area contributed by atoms with Crippen molar-refractivity contribution in [3.63, 3.8) is 0 Å². The Morgan fingerprint density at radius 1 is 0.322 bits per heavy atom. The van der Waals surface area contributed by atoms with Crippen LogP contribution in [0.2, 0.25) is 0 Å². The smallest absolute Gasteiger partial charge is 0.161 e. The molecule has 2 heteroatoms. The van der Waals surface area contributed by atoms with Gasteiger partial charge < -0.3 is 0 Å². The molecule has 0 saturated carbocycles. The summed E-state index contributed by atoms with van der Waals surface area (Å²) in [4.78, 5) is 10.5. The van der Waals surface area contributed by atoms with Gasteiger partial charge in [-0.05, 0) is 108 Å². The molecule has 278 valence electrons. The summed E-state index contributed by atoms with van der Waals surface area (Å²) in [7, 11) is 0. The molecule has 1 aliphatic carbocycles. The molecule has 1 heterocycles. The number of rotatable bonds is 6. The van der Waals surface area contributed by atoms with Crippen molar-refractivity contribution in [2.45, 2.75) is 19.3 Å². The van der Waals surface area contributed by atoms with E-state index in [1.807, 2.05) is 6.07 Å². The van der Waals surface area contributed by atoms with Crippen molar-refractivity contribution in [1.29, 1.82) is 0 Å². The van der Waals surface area contributed by atoms with Crippen LogP contribution in [0.25, 0.3) is 100.0 Å². The minimum Gasteiger partial charge on any atom is -0.228 e. The van der Waals surface area contributed by atoms with Gasteiger partial charge >= 0.3 is 0 Å². The van der Waals surface area contributed by atoms with Crippen LogP contribution in [0, 0.1) is 0 Å². The zero-order valence-electron chi connectivity index (χ0n) is 33.0. The van der Waals surface area contributed by atoms with Gasteiger partial charge in [0.2, 0.25) is 0 Å². The van der Waals surface area contributed by atoms with E-state index < -0.39 is 0 Å². The highest BCUT2D eigenvalue weighted by atomic mass is 14.9. The van der Waals surface area contributed by atoms with Crippen molar-refractivity contribution in [2.75, 3.05) is 0 Å². The molecule has 2 nitrogen and oxygen atoms in total. The molecule has 0 unspecified atom stereocenters. The summed E-state index contributed by atoms with van der Waals surface area (Å²) in [5, 5.41) is 4.92. The highest BCUT2D eigenvalue weighted by Gasteiger charge is 2.37. The van der Waals surface area contributed by atoms with Gasteiger partial charge in [0.05, 0.1) is 11.4 Å². The van der Waals surface area contributed by atoms with Crippen molar-refractivity contribution in [3.8, 4) is 78.4 Å². The van der Waals surface area contributed by atoms with Crippen LogP contribution in [0.3, 0.4) is 0 Å². The SMILES string of the molecule is CC1(C)c2ccc(-c3cccc(-c4ccc(-c5nc(-c6ccccc6)cc(-c6cccc(-c7ccccc7)c6)n5)c5ccccc45)c3)cc2-c2ccc3ccccc3c21. The minimum absolute atomic E-state index is 0.0795. The minimum atomic E-state index is -0.0795. The topological polar surface area (TPSA) is 25.8 Å². The summed E-state index contributed by atoms with van der Waals surface area (Å²) in [5.74, 6) is 0.706. The lowest BCUT2D eigenvalue weighted by Crippen LogP contribution is -2.15. The Bertz CT molecular complexity index is 3230. The molecule has 59 heavy (non-hydrogen) atoms. The Labute approximate surface area is 345 Å². The molecule has 9 aromatic carbocycles. The second-order valence-electron chi connectivity index (χ2n) is 16.2. The molecule has 0 aliphatic heterocycles. The third-order valence-corrected chi connectivity index (χ3v) is 12.3. The number of nitrogens with zero attached hydrogens (tertiary/aromatic N) is 2. The van der Waals surface area contributed by atoms with Crippen LogP contribution >= 0.6 is 0 Å². The summed E-state index contributed by atoms with van der Waals surface area (Å²) in [5.41, 5.74) is 17.4. The van der Waals surface area contributed by atoms with Gasteiger partial charge in [0.25, 0.3) is 0 Å². The second kappa shape index (κ2) is 13.9. The van der Waals surface area contributed by atoms with Gasteiger partial charge in [-0.3, -0.25) is 0 Å². The van der Waals surface area contributed by atoms with Crippen LogP contribution in [0.5, 0.6) is 0 Å². The van der Waals surface area contributed by atoms with Crippen LogP contribution in [0.1, 0.15) is 25.0 Å². The molecule has 10 aromatic rings. The lowest BCUT2D eigenvalue weighted by atomic mass is 9.80. The van der Waals surface area contributed by atoms with E-state index >= 15 is 0 Å². The van der Waals surface area contributed by atoms with Crippen molar-refractivity contribution >= 4 is 21.5 Å². The van der Waals surface area contributed by atoms with Crippen molar-refractivity contribution in [1.82, 2.24) is 9.97 Å². The fraction of sp³-hybridized carbons (Fsp3) is 0.0526. The monoisotopic (exact) mass is 752 g/mol. The van der Waals surface area contributed by atoms with Crippen molar-refractivity contribution in [2.24, 2.45) is 0 Å². The number of fused-ring (bicyclic) bond motifs is 6. The van der Waals surface area contributed by atoms with E-state index in [4.69, 9.17) is 9.97 Å². The number of aromatic nitrogens is 2. The molecule has 0 bridgehead atoms. The van der Waals surface area contributed by atoms with Gasteiger partial charge in [-0.25, -0.2) is 9.97 Å². The second-order valence-corrected chi connectivity index (χ2v) is 16.2. The average molecular weight is 753 g/mol. The van der Waals surface area contributed by atoms with Crippen LogP contribution in [0.15, 0.2) is 206 Å². The average Bonchev–Trinajstić information content (AvgIpc) is 3.54. The van der Waals surface area contributed by atoms with Gasteiger partial charge in [0.1, 0.15) is 0 Å². The highest BCUT2D eigenvalue weighted by Crippen LogP contribution is 2.52. The summed E-state index contributed by atoms with van der Waals surface area (Å²) >= 11 is 0. The molecule has 0 amide bonds. The summed E-state index contributed by atoms with van der Waals surface area (Å²) in [6.07, 6.45) is 0. The Balaban J connectivity index is 1.01. The Kier molecular flexibility index (Phi) is 8.20. The first-order valence-corrected chi connectivity index (χ1v) is 20.4. The van der Waals surface area contributed by atoms with Gasteiger partial charge in [-0.15, -0.1) is 0 Å². The third kappa shape index (κ3) is 5.96. The fourth-order valence-electron chi connectivity index (χ4n) is 9.37. The lowest BCUT2D eigenvalue weighted by Gasteiger charge is -2.23. The number of hydrogen-bond donors (Lipinski definition) is 0. The van der Waals surface area contributed by atoms with Crippen molar-refractivity contribution in [3.05, 3.63) is 217 Å². The van der Waals surface area contributed by atoms with Gasteiger partial charge in [0.15, 0.2) is 5.82 Å².